The molecule has 0 aliphatic carbocycles. The van der Waals surface area contributed by atoms with E-state index in [9.17, 15) is 0 Å². The molecule has 0 atom stereocenters. The van der Waals surface area contributed by atoms with Crippen molar-refractivity contribution in [3.8, 4) is 84.4 Å². The van der Waals surface area contributed by atoms with Crippen molar-refractivity contribution in [1.29, 1.82) is 0 Å². The summed E-state index contributed by atoms with van der Waals surface area (Å²) >= 11 is 0. The maximum absolute atomic E-state index is 5.20. The monoisotopic (exact) mass is 973 g/mol. The van der Waals surface area contributed by atoms with E-state index >= 15 is 0 Å². The van der Waals surface area contributed by atoms with E-state index in [1.165, 1.54) is 138 Å². The van der Waals surface area contributed by atoms with Crippen LogP contribution in [0.2, 0.25) is 0 Å². The van der Waals surface area contributed by atoms with Gasteiger partial charge in [-0.05, 0) is 169 Å². The first-order valence-corrected chi connectivity index (χ1v) is 26.5. The number of aryl methyl sites for hydroxylation is 6. The second-order valence-corrected chi connectivity index (χ2v) is 21.5. The number of para-hydroxylation sites is 2. The Labute approximate surface area is 443 Å². The Morgan fingerprint density at radius 2 is 0.908 bits per heavy atom. The summed E-state index contributed by atoms with van der Waals surface area (Å²) in [6.45, 7) is 15.8. The predicted molar refractivity (Wildman–Crippen MR) is 319 cm³/mol. The summed E-state index contributed by atoms with van der Waals surface area (Å²) in [6.07, 6.45) is 0. The van der Waals surface area contributed by atoms with Gasteiger partial charge < -0.3 is 9.05 Å². The molecule has 13 aromatic rings. The molecule has 10 aromatic carbocycles. The van der Waals surface area contributed by atoms with Crippen molar-refractivity contribution in [1.82, 2.24) is 24.0 Å². The number of rotatable bonds is 6. The van der Waals surface area contributed by atoms with Gasteiger partial charge in [0, 0.05) is 60.5 Å². The first-order chi connectivity index (χ1) is 37.1. The fourth-order valence-corrected chi connectivity index (χ4v) is 13.8. The smallest absolute Gasteiger partial charge is 0.333 e. The van der Waals surface area contributed by atoms with Crippen LogP contribution in [0.3, 0.4) is 0 Å². The van der Waals surface area contributed by atoms with E-state index in [2.05, 4.69) is 209 Å². The van der Waals surface area contributed by atoms with Crippen LogP contribution in [0.4, 0.5) is 0 Å². The van der Waals surface area contributed by atoms with E-state index in [0.29, 0.717) is 17.5 Å². The highest BCUT2D eigenvalue weighted by Crippen LogP contribution is 2.49. The minimum absolute atomic E-state index is 0.0856. The fraction of sp³-hybridized carbons (Fsp3) is 0.100. The maximum atomic E-state index is 5.20. The number of fused-ring (bicyclic) bond motifs is 10. The third-order valence-electron chi connectivity index (χ3n) is 16.6. The van der Waals surface area contributed by atoms with Crippen molar-refractivity contribution in [3.63, 3.8) is 0 Å². The topological polar surface area (TPSA) is 48.5 Å². The second kappa shape index (κ2) is 16.4. The summed E-state index contributed by atoms with van der Waals surface area (Å²) in [4.78, 5) is 15.4. The van der Waals surface area contributed by atoms with Crippen molar-refractivity contribution in [2.75, 3.05) is 0 Å². The van der Waals surface area contributed by atoms with Gasteiger partial charge in [0.05, 0.1) is 11.0 Å². The SMILES string of the molecule is Cc1cc(C)c(-c2ccc3c(c2)c2cc(-c4c(C)cc(C)cc4C)cc4c2n3B2c3c(cc(-c5cccc(-c6nc(-c7ccccc7)nc(-c7ccccc7)n6)c5)c(C)c3-4)-n3c4ccccc4c4cccc2c43)c(C)c1. The first-order valence-electron chi connectivity index (χ1n) is 26.5. The third kappa shape index (κ3) is 6.43. The zero-order valence-electron chi connectivity index (χ0n) is 43.7. The molecule has 0 bridgehead atoms. The van der Waals surface area contributed by atoms with Crippen LogP contribution in [0.25, 0.3) is 128 Å². The van der Waals surface area contributed by atoms with Gasteiger partial charge in [-0.25, -0.2) is 15.0 Å². The molecule has 6 heteroatoms. The summed E-state index contributed by atoms with van der Waals surface area (Å²) in [7, 11) is 0. The van der Waals surface area contributed by atoms with Crippen LogP contribution in [0, 0.1) is 48.5 Å². The first kappa shape index (κ1) is 44.4. The van der Waals surface area contributed by atoms with Gasteiger partial charge in [-0.2, -0.15) is 0 Å². The molecular formula is C70H52BN5. The van der Waals surface area contributed by atoms with E-state index < -0.39 is 0 Å². The van der Waals surface area contributed by atoms with Crippen LogP contribution in [0.1, 0.15) is 38.9 Å². The molecule has 0 fully saturated rings. The highest BCUT2D eigenvalue weighted by atomic mass is 15.0. The summed E-state index contributed by atoms with van der Waals surface area (Å²) in [6, 6.07) is 69.5. The third-order valence-corrected chi connectivity index (χ3v) is 16.6. The molecule has 3 aromatic heterocycles. The van der Waals surface area contributed by atoms with Gasteiger partial charge in [0.2, 0.25) is 0 Å². The van der Waals surface area contributed by atoms with Crippen molar-refractivity contribution < 1.29 is 0 Å². The lowest BCUT2D eigenvalue weighted by Crippen LogP contribution is -2.55. The quantitative estimate of drug-likeness (QED) is 0.156. The maximum Gasteiger partial charge on any atom is 0.333 e. The standard InChI is InChI=1S/C70H52BN5/c1-39-30-41(3)62(42(4)31-39)49-28-29-60-55(35-49)56-36-51(63-43(5)32-40(2)33-44(63)6)37-57-64-45(7)54(38-61-65(64)71(76(60)66(56)57)58-26-17-25-53-52-24-14-15-27-59(52)75(61)67(53)58)48-22-16-23-50(34-48)70-73-68(46-18-10-8-11-19-46)72-69(74-70)47-20-12-9-13-21-47/h8-38H,1-7H3. The van der Waals surface area contributed by atoms with Gasteiger partial charge >= 0.3 is 6.85 Å². The van der Waals surface area contributed by atoms with Gasteiger partial charge in [-0.15, -0.1) is 0 Å². The number of hydrogen-bond acceptors (Lipinski definition) is 3. The van der Waals surface area contributed by atoms with E-state index in [4.69, 9.17) is 15.0 Å². The van der Waals surface area contributed by atoms with Gasteiger partial charge in [0.25, 0.3) is 0 Å². The Bertz CT molecular complexity index is 4550. The fourth-order valence-electron chi connectivity index (χ4n) is 13.8. The van der Waals surface area contributed by atoms with Gasteiger partial charge in [-0.3, -0.25) is 0 Å². The molecule has 360 valence electrons. The molecule has 0 spiro atoms. The summed E-state index contributed by atoms with van der Waals surface area (Å²) in [5.74, 6) is 1.93. The van der Waals surface area contributed by atoms with Crippen LogP contribution < -0.4 is 10.9 Å². The largest absolute Gasteiger partial charge is 0.375 e. The van der Waals surface area contributed by atoms with Crippen LogP contribution in [0.5, 0.6) is 0 Å². The number of nitrogens with zero attached hydrogens (tertiary/aromatic N) is 5. The Morgan fingerprint density at radius 1 is 0.355 bits per heavy atom. The molecule has 0 amide bonds. The Kier molecular flexibility index (Phi) is 9.60. The highest BCUT2D eigenvalue weighted by molar-refractivity contribution is 6.90. The van der Waals surface area contributed by atoms with Gasteiger partial charge in [0.1, 0.15) is 0 Å². The summed E-state index contributed by atoms with van der Waals surface area (Å²) in [5.41, 5.74) is 30.7. The molecule has 2 aliphatic rings. The molecule has 0 saturated carbocycles. The highest BCUT2D eigenvalue weighted by Gasteiger charge is 2.43. The number of aromatic nitrogens is 5. The van der Waals surface area contributed by atoms with E-state index in [1.807, 2.05) is 36.4 Å². The lowest BCUT2D eigenvalue weighted by molar-refractivity contribution is 1.07. The van der Waals surface area contributed by atoms with Gasteiger partial charge in [0.15, 0.2) is 17.5 Å². The summed E-state index contributed by atoms with van der Waals surface area (Å²) < 4.78 is 5.30. The van der Waals surface area contributed by atoms with Gasteiger partial charge in [-0.1, -0.05) is 157 Å². The van der Waals surface area contributed by atoms with E-state index in [0.717, 1.165) is 22.3 Å². The van der Waals surface area contributed by atoms with Crippen molar-refractivity contribution >= 4 is 61.4 Å². The minimum Gasteiger partial charge on any atom is -0.375 e. The van der Waals surface area contributed by atoms with Crippen molar-refractivity contribution in [2.45, 2.75) is 48.5 Å². The van der Waals surface area contributed by atoms with E-state index in [-0.39, 0.29) is 6.85 Å². The Hall–Kier alpha value is -9.13. The van der Waals surface area contributed by atoms with Crippen molar-refractivity contribution in [2.24, 2.45) is 0 Å². The molecule has 5 nitrogen and oxygen atoms in total. The van der Waals surface area contributed by atoms with Crippen LogP contribution in [-0.4, -0.2) is 30.8 Å². The average Bonchev–Trinajstić information content (AvgIpc) is 3.88. The molecule has 0 unspecified atom stereocenters. The summed E-state index contributed by atoms with van der Waals surface area (Å²) in [5, 5.41) is 5.09. The zero-order chi connectivity index (χ0) is 51.2. The predicted octanol–water partition coefficient (Wildman–Crippen LogP) is 16.2. The molecular weight excluding hydrogens is 922 g/mol. The lowest BCUT2D eigenvalue weighted by atomic mass is 9.45. The Morgan fingerprint density at radius 3 is 1.58 bits per heavy atom. The zero-order valence-corrected chi connectivity index (χ0v) is 43.7. The number of benzene rings is 10. The lowest BCUT2D eigenvalue weighted by Gasteiger charge is -2.36. The molecule has 0 saturated heterocycles. The molecule has 0 radical (unpaired) electrons. The molecule has 76 heavy (non-hydrogen) atoms. The molecule has 2 aliphatic heterocycles. The minimum atomic E-state index is -0.0856. The van der Waals surface area contributed by atoms with E-state index in [1.54, 1.807) is 0 Å². The van der Waals surface area contributed by atoms with Crippen molar-refractivity contribution in [3.05, 3.63) is 227 Å². The van der Waals surface area contributed by atoms with Crippen LogP contribution >= 0.6 is 0 Å². The molecule has 15 rings (SSSR count). The Balaban J connectivity index is 1.05. The van der Waals surface area contributed by atoms with Crippen LogP contribution in [0.15, 0.2) is 188 Å². The second-order valence-electron chi connectivity index (χ2n) is 21.5. The molecule has 0 N–H and O–H groups in total. The average molecular weight is 974 g/mol. The normalized spacial score (nSPS) is 12.4. The number of hydrogen-bond donors (Lipinski definition) is 0. The molecule has 5 heterocycles. The van der Waals surface area contributed by atoms with Crippen LogP contribution in [-0.2, 0) is 0 Å².